The predicted molar refractivity (Wildman–Crippen MR) is 83.4 cm³/mol. The van der Waals surface area contributed by atoms with Gasteiger partial charge in [0.1, 0.15) is 0 Å². The summed E-state index contributed by atoms with van der Waals surface area (Å²) in [6.07, 6.45) is 10.0. The second kappa shape index (κ2) is 18.6. The molecule has 95 valence electrons. The van der Waals surface area contributed by atoms with Crippen LogP contribution in [-0.4, -0.2) is 10.2 Å². The Morgan fingerprint density at radius 1 is 1.12 bits per heavy atom. The number of halogens is 1. The van der Waals surface area contributed by atoms with E-state index >= 15 is 0 Å². The number of allylic oxidation sites excluding steroid dienone is 4. The van der Waals surface area contributed by atoms with Crippen molar-refractivity contribution in [1.29, 1.82) is 0 Å². The van der Waals surface area contributed by atoms with Crippen LogP contribution in [0.2, 0.25) is 0 Å². The first-order valence-electron chi connectivity index (χ1n) is 4.48. The molecule has 3 heteroatoms. The van der Waals surface area contributed by atoms with E-state index in [-0.39, 0.29) is 57.7 Å². The molecule has 1 aromatic rings. The van der Waals surface area contributed by atoms with Crippen molar-refractivity contribution in [2.24, 2.45) is 0 Å². The molecule has 0 nitrogen and oxygen atoms in total. The summed E-state index contributed by atoms with van der Waals surface area (Å²) in [5.41, 5.74) is 1.42. The van der Waals surface area contributed by atoms with Crippen LogP contribution in [0.25, 0.3) is 0 Å². The molecular weight excluding hydrogens is 455 g/mol. The van der Waals surface area contributed by atoms with Crippen molar-refractivity contribution in [2.45, 2.75) is 12.5 Å². The average Bonchev–Trinajstić information content (AvgIpc) is 2.77. The minimum Gasteiger partial charge on any atom is -0.358 e. The van der Waals surface area contributed by atoms with Crippen LogP contribution in [0.4, 0.5) is 0 Å². The summed E-state index contributed by atoms with van der Waals surface area (Å²) in [7, 11) is 1.98. The standard InChI is InChI=1S/C7H9Si.C5H5.2CH3.BrH.Hf/c8-6-7-4-2-1-3-5-7;1-2-4-5-3-1;;;;/h1-5H,6,8H2;1-3H,4H2;2*1H3;1H;/q;3*-1;;. The van der Waals surface area contributed by atoms with Gasteiger partial charge in [0.15, 0.2) is 0 Å². The molecule has 0 unspecified atom stereocenters. The van der Waals surface area contributed by atoms with Gasteiger partial charge in [-0.2, -0.15) is 6.08 Å². The van der Waals surface area contributed by atoms with Gasteiger partial charge in [0.25, 0.3) is 0 Å². The largest absolute Gasteiger partial charge is 0.358 e. The minimum absolute atomic E-state index is 0. The molecule has 0 N–H and O–H groups in total. The molecule has 0 aromatic heterocycles. The van der Waals surface area contributed by atoms with Crippen molar-refractivity contribution < 1.29 is 25.8 Å². The fraction of sp³-hybridized carbons (Fsp3) is 0.143. The van der Waals surface area contributed by atoms with E-state index in [0.717, 1.165) is 6.42 Å². The fourth-order valence-corrected chi connectivity index (χ4v) is 1.32. The maximum Gasteiger partial charge on any atom is 0.0138 e. The van der Waals surface area contributed by atoms with Gasteiger partial charge < -0.3 is 14.9 Å². The molecule has 17 heavy (non-hydrogen) atoms. The van der Waals surface area contributed by atoms with Gasteiger partial charge in [0.2, 0.25) is 0 Å². The van der Waals surface area contributed by atoms with Gasteiger partial charge in [-0.25, -0.2) is 12.2 Å². The Morgan fingerprint density at radius 2 is 1.71 bits per heavy atom. The van der Waals surface area contributed by atoms with Crippen LogP contribution in [0.5, 0.6) is 0 Å². The van der Waals surface area contributed by atoms with Crippen LogP contribution in [-0.2, 0) is 31.9 Å². The van der Waals surface area contributed by atoms with E-state index < -0.39 is 0 Å². The van der Waals surface area contributed by atoms with E-state index in [1.807, 2.05) is 28.5 Å². The van der Waals surface area contributed by atoms with Crippen LogP contribution in [0.3, 0.4) is 0 Å². The van der Waals surface area contributed by atoms with Gasteiger partial charge in [0, 0.05) is 36.1 Å². The number of hydrogen-bond donors (Lipinski definition) is 0. The van der Waals surface area contributed by atoms with E-state index in [9.17, 15) is 0 Å². The smallest absolute Gasteiger partial charge is 0.0138 e. The Hall–Kier alpha value is 0.267. The Morgan fingerprint density at radius 3 is 1.94 bits per heavy atom. The first-order valence-corrected chi connectivity index (χ1v) is 5.48. The molecule has 2 rings (SSSR count). The molecule has 0 fully saturated rings. The fourth-order valence-electron chi connectivity index (χ4n) is 0.985. The van der Waals surface area contributed by atoms with Crippen molar-refractivity contribution in [2.75, 3.05) is 0 Å². The van der Waals surface area contributed by atoms with Crippen LogP contribution in [0.1, 0.15) is 12.0 Å². The molecule has 1 aliphatic carbocycles. The van der Waals surface area contributed by atoms with Gasteiger partial charge in [0.05, 0.1) is 0 Å². The zero-order valence-corrected chi connectivity index (χ0v) is 17.4. The molecule has 0 saturated carbocycles. The molecule has 1 aliphatic rings. The monoisotopic (exact) mass is 476 g/mol. The first-order chi connectivity index (χ1) is 6.43. The van der Waals surface area contributed by atoms with E-state index in [0.29, 0.717) is 0 Å². The molecule has 0 saturated heterocycles. The summed E-state index contributed by atoms with van der Waals surface area (Å²) in [6, 6.07) is 11.6. The van der Waals surface area contributed by atoms with Gasteiger partial charge in [-0.3, -0.25) is 6.08 Å². The van der Waals surface area contributed by atoms with Gasteiger partial charge in [-0.15, -0.1) is 23.4 Å². The normalized spacial score (nSPS) is 9.47. The van der Waals surface area contributed by atoms with Crippen LogP contribution < -0.4 is 0 Å². The summed E-state index contributed by atoms with van der Waals surface area (Å²) in [5.74, 6) is 0. The maximum absolute atomic E-state index is 2.99. The molecule has 0 heterocycles. The van der Waals surface area contributed by atoms with E-state index in [4.69, 9.17) is 0 Å². The van der Waals surface area contributed by atoms with Crippen molar-refractivity contribution in [1.82, 2.24) is 0 Å². The average molecular weight is 476 g/mol. The zero-order chi connectivity index (χ0) is 9.36. The Labute approximate surface area is 140 Å². The van der Waals surface area contributed by atoms with Crippen molar-refractivity contribution >= 4 is 27.2 Å². The van der Waals surface area contributed by atoms with Crippen molar-refractivity contribution in [3.05, 3.63) is 75.1 Å². The van der Waals surface area contributed by atoms with Crippen molar-refractivity contribution in [3.8, 4) is 0 Å². The quantitative estimate of drug-likeness (QED) is 0.430. The minimum atomic E-state index is 0. The second-order valence-corrected chi connectivity index (χ2v) is 3.24. The second-order valence-electron chi connectivity index (χ2n) is 2.74. The summed E-state index contributed by atoms with van der Waals surface area (Å²) < 4.78 is 0. The molecule has 0 aliphatic heterocycles. The molecule has 0 atom stereocenters. The Bertz CT molecular complexity index is 274. The van der Waals surface area contributed by atoms with Gasteiger partial charge in [-0.1, -0.05) is 35.9 Å². The number of rotatable bonds is 1. The number of hydrogen-bond acceptors (Lipinski definition) is 0. The Balaban J connectivity index is -0.0000000849. The number of benzene rings is 1. The summed E-state index contributed by atoms with van der Waals surface area (Å²) in [5, 5.41) is 0. The predicted octanol–water partition coefficient (Wildman–Crippen LogP) is 3.60. The van der Waals surface area contributed by atoms with Gasteiger partial charge in [-0.05, 0) is 6.04 Å². The van der Waals surface area contributed by atoms with E-state index in [2.05, 4.69) is 36.4 Å². The summed E-state index contributed by atoms with van der Waals surface area (Å²) in [4.78, 5) is 0. The molecular formula is C14H21BrHfSi-3. The third-order valence-electron chi connectivity index (χ3n) is 1.72. The Kier molecular flexibility index (Phi) is 28.4. The molecule has 0 bridgehead atoms. The van der Waals surface area contributed by atoms with E-state index in [1.165, 1.54) is 11.6 Å². The third kappa shape index (κ3) is 14.2. The summed E-state index contributed by atoms with van der Waals surface area (Å²) >= 11 is 0. The zero-order valence-electron chi connectivity index (χ0n) is 10.6. The molecule has 1 radical (unpaired) electrons. The van der Waals surface area contributed by atoms with Crippen molar-refractivity contribution in [3.63, 3.8) is 0 Å². The topological polar surface area (TPSA) is 0 Å². The first kappa shape index (κ1) is 26.0. The van der Waals surface area contributed by atoms with Crippen LogP contribution in [0.15, 0.2) is 48.6 Å². The maximum atomic E-state index is 2.99. The van der Waals surface area contributed by atoms with E-state index in [1.54, 1.807) is 0 Å². The van der Waals surface area contributed by atoms with Crippen LogP contribution in [0, 0.1) is 20.9 Å². The summed E-state index contributed by atoms with van der Waals surface area (Å²) in [6.45, 7) is 0. The SMILES string of the molecule is Br.[C-]1=CC=CC1.[CH3-].[CH3-].[Hf].[SiH2]Cc1ccccc1. The molecule has 1 aromatic carbocycles. The third-order valence-corrected chi connectivity index (χ3v) is 2.29. The molecule has 0 amide bonds. The van der Waals surface area contributed by atoms with Gasteiger partial charge >= 0.3 is 0 Å². The molecule has 0 spiro atoms. The van der Waals surface area contributed by atoms with Crippen LogP contribution >= 0.6 is 17.0 Å².